The van der Waals surface area contributed by atoms with Crippen LogP contribution in [0.25, 0.3) is 20.2 Å². The van der Waals surface area contributed by atoms with Crippen LogP contribution in [0.5, 0.6) is 0 Å². The maximum atomic E-state index is 2.32. The van der Waals surface area contributed by atoms with Crippen LogP contribution in [-0.2, 0) is 18.3 Å². The van der Waals surface area contributed by atoms with E-state index >= 15 is 0 Å². The Morgan fingerprint density at radius 3 is 2.19 bits per heavy atom. The van der Waals surface area contributed by atoms with Crippen molar-refractivity contribution in [3.05, 3.63) is 82.9 Å². The van der Waals surface area contributed by atoms with E-state index in [2.05, 4.69) is 88.4 Å². The number of rotatable bonds is 3. The third-order valence-electron chi connectivity index (χ3n) is 5.18. The molecule has 1 heteroatoms. The molecule has 0 atom stereocenters. The summed E-state index contributed by atoms with van der Waals surface area (Å²) in [6, 6.07) is 22.5. The third-order valence-corrected chi connectivity index (χ3v) is 6.30. The second-order valence-corrected chi connectivity index (χ2v) is 9.39. The van der Waals surface area contributed by atoms with Gasteiger partial charge in [-0.1, -0.05) is 74.9 Å². The van der Waals surface area contributed by atoms with E-state index in [0.717, 1.165) is 12.8 Å². The predicted octanol–water partition coefficient (Wildman–Crippen LogP) is 7.45. The van der Waals surface area contributed by atoms with E-state index in [1.165, 1.54) is 42.4 Å². The fourth-order valence-corrected chi connectivity index (χ4v) is 5.10. The molecule has 1 heterocycles. The Bertz CT molecular complexity index is 1080. The molecule has 0 aliphatic rings. The van der Waals surface area contributed by atoms with Crippen LogP contribution < -0.4 is 0 Å². The van der Waals surface area contributed by atoms with Crippen molar-refractivity contribution in [1.29, 1.82) is 0 Å². The van der Waals surface area contributed by atoms with Gasteiger partial charge in [-0.2, -0.15) is 0 Å². The maximum Gasteiger partial charge on any atom is 0.0358 e. The highest BCUT2D eigenvalue weighted by atomic mass is 32.1. The molecule has 0 bridgehead atoms. The number of hydrogen-bond donors (Lipinski definition) is 0. The van der Waals surface area contributed by atoms with Gasteiger partial charge in [0.05, 0.1) is 0 Å². The van der Waals surface area contributed by atoms with Gasteiger partial charge in [0.15, 0.2) is 0 Å². The number of aryl methyl sites for hydroxylation is 3. The molecule has 0 saturated heterocycles. The van der Waals surface area contributed by atoms with Gasteiger partial charge < -0.3 is 0 Å². The molecule has 0 N–H and O–H groups in total. The predicted molar refractivity (Wildman–Crippen MR) is 117 cm³/mol. The SMILES string of the molecule is Cc1cccc(CCc2cccc3sc4cccc(C(C)(C)C)c4c23)c1. The molecule has 0 nitrogen and oxygen atoms in total. The number of fused-ring (bicyclic) bond motifs is 3. The normalized spacial score (nSPS) is 12.2. The molecular weight excluding hydrogens is 332 g/mol. The van der Waals surface area contributed by atoms with Gasteiger partial charge in [0.1, 0.15) is 0 Å². The Morgan fingerprint density at radius 2 is 1.46 bits per heavy atom. The van der Waals surface area contributed by atoms with Crippen molar-refractivity contribution in [3.8, 4) is 0 Å². The van der Waals surface area contributed by atoms with Gasteiger partial charge in [-0.05, 0) is 54.0 Å². The van der Waals surface area contributed by atoms with Crippen LogP contribution in [0.15, 0.2) is 60.7 Å². The summed E-state index contributed by atoms with van der Waals surface area (Å²) in [5.74, 6) is 0. The Hall–Kier alpha value is -2.12. The second kappa shape index (κ2) is 6.55. The van der Waals surface area contributed by atoms with Crippen LogP contribution >= 0.6 is 11.3 Å². The zero-order valence-electron chi connectivity index (χ0n) is 16.1. The van der Waals surface area contributed by atoms with Gasteiger partial charge in [-0.15, -0.1) is 11.3 Å². The average molecular weight is 359 g/mol. The summed E-state index contributed by atoms with van der Waals surface area (Å²) in [6.45, 7) is 9.13. The van der Waals surface area contributed by atoms with Crippen LogP contribution in [0.3, 0.4) is 0 Å². The fourth-order valence-electron chi connectivity index (χ4n) is 3.92. The van der Waals surface area contributed by atoms with Gasteiger partial charge in [0, 0.05) is 20.2 Å². The molecule has 4 rings (SSSR count). The van der Waals surface area contributed by atoms with E-state index in [1.54, 1.807) is 0 Å². The molecule has 0 amide bonds. The summed E-state index contributed by atoms with van der Waals surface area (Å²) >= 11 is 1.93. The van der Waals surface area contributed by atoms with Crippen LogP contribution in [0.1, 0.15) is 43.0 Å². The summed E-state index contributed by atoms with van der Waals surface area (Å²) < 4.78 is 2.83. The minimum absolute atomic E-state index is 0.150. The molecule has 0 aliphatic heterocycles. The van der Waals surface area contributed by atoms with Crippen LogP contribution in [0.2, 0.25) is 0 Å². The highest BCUT2D eigenvalue weighted by Crippen LogP contribution is 2.41. The van der Waals surface area contributed by atoms with Crippen molar-refractivity contribution >= 4 is 31.5 Å². The summed E-state index contributed by atoms with van der Waals surface area (Å²) in [7, 11) is 0. The first-order valence-corrected chi connectivity index (χ1v) is 10.2. The third kappa shape index (κ3) is 3.17. The lowest BCUT2D eigenvalue weighted by molar-refractivity contribution is 0.596. The van der Waals surface area contributed by atoms with E-state index in [0.29, 0.717) is 0 Å². The Morgan fingerprint density at radius 1 is 0.769 bits per heavy atom. The van der Waals surface area contributed by atoms with Crippen molar-refractivity contribution in [3.63, 3.8) is 0 Å². The molecule has 3 aromatic carbocycles. The number of hydrogen-bond acceptors (Lipinski definition) is 1. The lowest BCUT2D eigenvalue weighted by atomic mass is 9.83. The van der Waals surface area contributed by atoms with Gasteiger partial charge >= 0.3 is 0 Å². The largest absolute Gasteiger partial charge is 0.135 e. The first-order chi connectivity index (χ1) is 12.4. The maximum absolute atomic E-state index is 2.32. The van der Waals surface area contributed by atoms with Crippen molar-refractivity contribution in [2.75, 3.05) is 0 Å². The Kier molecular flexibility index (Phi) is 4.36. The molecule has 132 valence electrons. The number of benzene rings is 3. The lowest BCUT2D eigenvalue weighted by Crippen LogP contribution is -2.11. The van der Waals surface area contributed by atoms with E-state index in [4.69, 9.17) is 0 Å². The minimum Gasteiger partial charge on any atom is -0.135 e. The molecule has 0 unspecified atom stereocenters. The van der Waals surface area contributed by atoms with Gasteiger partial charge in [-0.3, -0.25) is 0 Å². The number of thiophene rings is 1. The quantitative estimate of drug-likeness (QED) is 0.357. The van der Waals surface area contributed by atoms with E-state index in [9.17, 15) is 0 Å². The topological polar surface area (TPSA) is 0 Å². The van der Waals surface area contributed by atoms with Crippen molar-refractivity contribution in [2.24, 2.45) is 0 Å². The molecule has 0 aliphatic carbocycles. The van der Waals surface area contributed by atoms with Crippen LogP contribution in [-0.4, -0.2) is 0 Å². The average Bonchev–Trinajstić information content (AvgIpc) is 2.98. The molecule has 0 spiro atoms. The lowest BCUT2D eigenvalue weighted by Gasteiger charge is -2.21. The standard InChI is InChI=1S/C25H26S/c1-17-8-5-9-18(16-17)14-15-19-10-6-12-21-23(19)24-20(25(2,3)4)11-7-13-22(24)26-21/h5-13,16H,14-15H2,1-4H3. The zero-order chi connectivity index (χ0) is 18.3. The molecule has 0 saturated carbocycles. The van der Waals surface area contributed by atoms with E-state index in [-0.39, 0.29) is 5.41 Å². The van der Waals surface area contributed by atoms with Crippen molar-refractivity contribution < 1.29 is 0 Å². The smallest absolute Gasteiger partial charge is 0.0358 e. The monoisotopic (exact) mass is 358 g/mol. The molecule has 4 aromatic rings. The first-order valence-electron chi connectivity index (χ1n) is 9.42. The van der Waals surface area contributed by atoms with E-state index < -0.39 is 0 Å². The minimum atomic E-state index is 0.150. The molecule has 0 radical (unpaired) electrons. The van der Waals surface area contributed by atoms with Gasteiger partial charge in [0.2, 0.25) is 0 Å². The van der Waals surface area contributed by atoms with Crippen LogP contribution in [0.4, 0.5) is 0 Å². The summed E-state index contributed by atoms with van der Waals surface area (Å²) in [5, 5.41) is 2.95. The summed E-state index contributed by atoms with van der Waals surface area (Å²) in [6.07, 6.45) is 2.18. The fraction of sp³-hybridized carbons (Fsp3) is 0.280. The highest BCUT2D eigenvalue weighted by molar-refractivity contribution is 7.25. The Labute approximate surface area is 160 Å². The zero-order valence-corrected chi connectivity index (χ0v) is 16.9. The molecule has 0 fully saturated rings. The first kappa shape index (κ1) is 17.3. The van der Waals surface area contributed by atoms with Crippen molar-refractivity contribution in [2.45, 2.75) is 46.0 Å². The van der Waals surface area contributed by atoms with Gasteiger partial charge in [0.25, 0.3) is 0 Å². The Balaban J connectivity index is 1.85. The summed E-state index contributed by atoms with van der Waals surface area (Å²) in [4.78, 5) is 0. The summed E-state index contributed by atoms with van der Waals surface area (Å²) in [5.41, 5.74) is 5.86. The van der Waals surface area contributed by atoms with Gasteiger partial charge in [-0.25, -0.2) is 0 Å². The molecule has 1 aromatic heterocycles. The van der Waals surface area contributed by atoms with Crippen LogP contribution in [0, 0.1) is 6.92 Å². The van der Waals surface area contributed by atoms with E-state index in [1.807, 2.05) is 11.3 Å². The van der Waals surface area contributed by atoms with Crippen molar-refractivity contribution in [1.82, 2.24) is 0 Å². The molecule has 26 heavy (non-hydrogen) atoms. The second-order valence-electron chi connectivity index (χ2n) is 8.31. The highest BCUT2D eigenvalue weighted by Gasteiger charge is 2.20. The molecular formula is C25H26S.